The summed E-state index contributed by atoms with van der Waals surface area (Å²) in [5.41, 5.74) is 2.56. The van der Waals surface area contributed by atoms with Crippen molar-refractivity contribution in [1.82, 2.24) is 14.5 Å². The van der Waals surface area contributed by atoms with E-state index in [1.807, 2.05) is 32.1 Å². The summed E-state index contributed by atoms with van der Waals surface area (Å²) < 4.78 is 27.0. The zero-order valence-electron chi connectivity index (χ0n) is 18.1. The summed E-state index contributed by atoms with van der Waals surface area (Å²) in [6, 6.07) is 7.17. The molecule has 2 aromatic rings. The van der Waals surface area contributed by atoms with Crippen LogP contribution in [0.1, 0.15) is 47.1 Å². The molecule has 1 aromatic heterocycles. The van der Waals surface area contributed by atoms with Crippen molar-refractivity contribution in [1.29, 1.82) is 0 Å². The summed E-state index contributed by atoms with van der Waals surface area (Å²) in [4.78, 5) is 16.9. The second-order valence-corrected chi connectivity index (χ2v) is 10.7. The Morgan fingerprint density at radius 3 is 2.70 bits per heavy atom. The average molecular weight is 450 g/mol. The molecular weight excluding hydrogens is 418 g/mol. The summed E-state index contributed by atoms with van der Waals surface area (Å²) in [6.07, 6.45) is 1.05. The number of carbonyl (C=O) groups excluding carboxylic acids is 1. The molecule has 8 heteroatoms. The van der Waals surface area contributed by atoms with Crippen LogP contribution in [0.25, 0.3) is 0 Å². The van der Waals surface area contributed by atoms with Gasteiger partial charge < -0.3 is 5.32 Å². The Bertz CT molecular complexity index is 997. The van der Waals surface area contributed by atoms with Gasteiger partial charge >= 0.3 is 0 Å². The predicted octanol–water partition coefficient (Wildman–Crippen LogP) is 3.26. The molecule has 1 unspecified atom stereocenters. The fraction of sp³-hybridized carbons (Fsp3) is 0.500. The number of sulfonamides is 1. The topological polar surface area (TPSA) is 69.7 Å². The first-order valence-electron chi connectivity index (χ1n) is 10.5. The number of amides is 1. The van der Waals surface area contributed by atoms with E-state index in [1.165, 1.54) is 20.8 Å². The minimum Gasteiger partial charge on any atom is -0.350 e. The summed E-state index contributed by atoms with van der Waals surface area (Å²) >= 11 is 1.82. The summed E-state index contributed by atoms with van der Waals surface area (Å²) in [7, 11) is -3.60. The number of nitrogens with one attached hydrogen (secondary N) is 1. The molecule has 0 spiro atoms. The number of nitrogens with zero attached hydrogens (tertiary/aromatic N) is 2. The van der Waals surface area contributed by atoms with Gasteiger partial charge in [-0.05, 0) is 55.0 Å². The highest BCUT2D eigenvalue weighted by molar-refractivity contribution is 7.89. The summed E-state index contributed by atoms with van der Waals surface area (Å²) in [6.45, 7) is 10.8. The van der Waals surface area contributed by atoms with Gasteiger partial charge in [-0.25, -0.2) is 8.42 Å². The normalized spacial score (nSPS) is 15.8. The zero-order valence-corrected chi connectivity index (χ0v) is 19.8. The smallest absolute Gasteiger partial charge is 0.251 e. The molecule has 0 aliphatic carbocycles. The molecule has 0 radical (unpaired) electrons. The van der Waals surface area contributed by atoms with Crippen molar-refractivity contribution in [2.24, 2.45) is 0 Å². The van der Waals surface area contributed by atoms with Crippen LogP contribution in [0.2, 0.25) is 0 Å². The van der Waals surface area contributed by atoms with Crippen LogP contribution in [0.4, 0.5) is 0 Å². The molecule has 1 atom stereocenters. The molecule has 1 aliphatic heterocycles. The van der Waals surface area contributed by atoms with Gasteiger partial charge in [-0.1, -0.05) is 19.9 Å². The number of carbonyl (C=O) groups is 1. The van der Waals surface area contributed by atoms with Gasteiger partial charge in [0.25, 0.3) is 5.91 Å². The number of rotatable bonds is 8. The van der Waals surface area contributed by atoms with Gasteiger partial charge in [-0.2, -0.15) is 4.31 Å². The first-order chi connectivity index (χ1) is 14.3. The van der Waals surface area contributed by atoms with E-state index in [1.54, 1.807) is 12.1 Å². The van der Waals surface area contributed by atoms with Crippen LogP contribution in [-0.2, 0) is 23.0 Å². The molecule has 0 saturated carbocycles. The number of thiophene rings is 1. The number of fused-ring (bicyclic) bond motifs is 1. The fourth-order valence-corrected chi connectivity index (χ4v) is 6.20. The molecule has 2 heterocycles. The zero-order chi connectivity index (χ0) is 21.9. The van der Waals surface area contributed by atoms with Gasteiger partial charge in [0.05, 0.1) is 4.90 Å². The molecule has 30 heavy (non-hydrogen) atoms. The van der Waals surface area contributed by atoms with E-state index < -0.39 is 10.0 Å². The SMILES string of the molecule is CCN(CC)S(=O)(=O)c1ccc(C)c(C(=O)NCC(C)N2CCc3sccc3C2)c1. The van der Waals surface area contributed by atoms with E-state index in [0.29, 0.717) is 25.2 Å². The molecule has 1 aliphatic rings. The molecule has 1 aromatic carbocycles. The highest BCUT2D eigenvalue weighted by Gasteiger charge is 2.25. The molecule has 0 saturated heterocycles. The number of hydrogen-bond acceptors (Lipinski definition) is 5. The Balaban J connectivity index is 1.68. The van der Waals surface area contributed by atoms with E-state index in [4.69, 9.17) is 0 Å². The van der Waals surface area contributed by atoms with E-state index in [2.05, 4.69) is 28.6 Å². The maximum atomic E-state index is 12.9. The fourth-order valence-electron chi connectivity index (χ4n) is 3.83. The van der Waals surface area contributed by atoms with Gasteiger partial charge in [-0.3, -0.25) is 9.69 Å². The molecule has 6 nitrogen and oxygen atoms in total. The number of hydrogen-bond donors (Lipinski definition) is 1. The Morgan fingerprint density at radius 2 is 2.00 bits per heavy atom. The van der Waals surface area contributed by atoms with Crippen LogP contribution < -0.4 is 5.32 Å². The standard InChI is InChI=1S/C22H31N3O3S2/c1-5-25(6-2)30(27,28)19-8-7-16(3)20(13-19)22(26)23-14-17(4)24-11-9-21-18(15-24)10-12-29-21/h7-8,10,12-13,17H,5-6,9,11,14-15H2,1-4H3,(H,23,26). The largest absolute Gasteiger partial charge is 0.350 e. The predicted molar refractivity (Wildman–Crippen MR) is 122 cm³/mol. The molecule has 0 fully saturated rings. The second-order valence-electron chi connectivity index (χ2n) is 7.71. The quantitative estimate of drug-likeness (QED) is 0.672. The molecule has 1 N–H and O–H groups in total. The van der Waals surface area contributed by atoms with Crippen LogP contribution in [0.3, 0.4) is 0 Å². The Labute approximate surface area is 183 Å². The Hall–Kier alpha value is -1.74. The Kier molecular flexibility index (Phi) is 7.34. The highest BCUT2D eigenvalue weighted by atomic mass is 32.2. The van der Waals surface area contributed by atoms with Crippen LogP contribution in [0.15, 0.2) is 34.5 Å². The number of benzene rings is 1. The first kappa shape index (κ1) is 22.9. The molecule has 164 valence electrons. The van der Waals surface area contributed by atoms with E-state index >= 15 is 0 Å². The van der Waals surface area contributed by atoms with Crippen molar-refractivity contribution < 1.29 is 13.2 Å². The molecule has 3 rings (SSSR count). The van der Waals surface area contributed by atoms with Crippen LogP contribution in [0.5, 0.6) is 0 Å². The third-order valence-corrected chi connectivity index (χ3v) is 8.88. The maximum Gasteiger partial charge on any atom is 0.251 e. The van der Waals surface area contributed by atoms with Gasteiger partial charge in [0.15, 0.2) is 0 Å². The van der Waals surface area contributed by atoms with Crippen LogP contribution in [-0.4, -0.2) is 55.8 Å². The van der Waals surface area contributed by atoms with Crippen molar-refractivity contribution >= 4 is 27.3 Å². The molecule has 1 amide bonds. The molecule has 0 bridgehead atoms. The van der Waals surface area contributed by atoms with Gasteiger partial charge in [0.2, 0.25) is 10.0 Å². The van der Waals surface area contributed by atoms with Crippen molar-refractivity contribution in [3.8, 4) is 0 Å². The Morgan fingerprint density at radius 1 is 1.27 bits per heavy atom. The minimum absolute atomic E-state index is 0.163. The summed E-state index contributed by atoms with van der Waals surface area (Å²) in [5.74, 6) is -0.232. The third-order valence-electron chi connectivity index (χ3n) is 5.82. The van der Waals surface area contributed by atoms with Crippen molar-refractivity contribution in [2.45, 2.75) is 51.6 Å². The van der Waals surface area contributed by atoms with Gasteiger partial charge in [0.1, 0.15) is 0 Å². The lowest BCUT2D eigenvalue weighted by molar-refractivity contribution is 0.0932. The molecular formula is C22H31N3O3S2. The van der Waals surface area contributed by atoms with Crippen LogP contribution >= 0.6 is 11.3 Å². The minimum atomic E-state index is -3.60. The first-order valence-corrected chi connectivity index (χ1v) is 12.8. The highest BCUT2D eigenvalue weighted by Crippen LogP contribution is 2.25. The summed E-state index contributed by atoms with van der Waals surface area (Å²) in [5, 5.41) is 5.15. The monoisotopic (exact) mass is 449 g/mol. The van der Waals surface area contributed by atoms with Crippen molar-refractivity contribution in [2.75, 3.05) is 26.2 Å². The van der Waals surface area contributed by atoms with E-state index in [-0.39, 0.29) is 16.8 Å². The third kappa shape index (κ3) is 4.77. The van der Waals surface area contributed by atoms with Gasteiger partial charge in [-0.15, -0.1) is 11.3 Å². The lowest BCUT2D eigenvalue weighted by atomic mass is 10.1. The van der Waals surface area contributed by atoms with E-state index in [0.717, 1.165) is 25.1 Å². The number of aryl methyl sites for hydroxylation is 1. The lowest BCUT2D eigenvalue weighted by Gasteiger charge is -2.32. The maximum absolute atomic E-state index is 12.9. The van der Waals surface area contributed by atoms with Crippen molar-refractivity contribution in [3.63, 3.8) is 0 Å². The van der Waals surface area contributed by atoms with Crippen LogP contribution in [0, 0.1) is 6.92 Å². The lowest BCUT2D eigenvalue weighted by Crippen LogP contribution is -2.44. The average Bonchev–Trinajstić information content (AvgIpc) is 3.20. The van der Waals surface area contributed by atoms with Gasteiger partial charge in [0, 0.05) is 49.2 Å². The van der Waals surface area contributed by atoms with Crippen molar-refractivity contribution in [3.05, 3.63) is 51.2 Å². The van der Waals surface area contributed by atoms with E-state index in [9.17, 15) is 13.2 Å². The second kappa shape index (κ2) is 9.60.